The van der Waals surface area contributed by atoms with E-state index in [9.17, 15) is 9.90 Å². The summed E-state index contributed by atoms with van der Waals surface area (Å²) in [6.45, 7) is 2.10. The van der Waals surface area contributed by atoms with E-state index in [1.54, 1.807) is 0 Å². The molecule has 2 heterocycles. The third-order valence-electron chi connectivity index (χ3n) is 5.69. The Bertz CT molecular complexity index is 350. The van der Waals surface area contributed by atoms with Crippen molar-refractivity contribution in [1.29, 1.82) is 0 Å². The van der Waals surface area contributed by atoms with Crippen LogP contribution in [0.5, 0.6) is 0 Å². The van der Waals surface area contributed by atoms with Gasteiger partial charge in [0.05, 0.1) is 5.60 Å². The molecule has 1 spiro atoms. The number of ether oxygens (including phenoxy) is 2. The Hall–Kier alpha value is -0.450. The molecule has 1 saturated carbocycles. The Morgan fingerprint density at radius 3 is 2.48 bits per heavy atom. The van der Waals surface area contributed by atoms with Crippen molar-refractivity contribution in [2.45, 2.75) is 69.5 Å². The van der Waals surface area contributed by atoms with Gasteiger partial charge in [-0.2, -0.15) is 0 Å². The molecule has 2 aliphatic heterocycles. The van der Waals surface area contributed by atoms with Gasteiger partial charge in [0.15, 0.2) is 5.78 Å². The lowest BCUT2D eigenvalue weighted by atomic mass is 9.75. The van der Waals surface area contributed by atoms with Crippen LogP contribution in [0.1, 0.15) is 57.8 Å². The van der Waals surface area contributed by atoms with Crippen molar-refractivity contribution in [3.8, 4) is 0 Å². The summed E-state index contributed by atoms with van der Waals surface area (Å²) in [6, 6.07) is 0. The summed E-state index contributed by atoms with van der Waals surface area (Å²) < 4.78 is 11.4. The molecule has 0 aromatic carbocycles. The van der Waals surface area contributed by atoms with Gasteiger partial charge < -0.3 is 14.6 Å². The first-order chi connectivity index (χ1) is 10.2. The third-order valence-corrected chi connectivity index (χ3v) is 5.69. The highest BCUT2D eigenvalue weighted by atomic mass is 16.5. The highest BCUT2D eigenvalue weighted by Crippen LogP contribution is 2.39. The number of ketones is 1. The van der Waals surface area contributed by atoms with Gasteiger partial charge in [0.25, 0.3) is 0 Å². The number of Topliss-reactive ketones (excluding diaryl/α,β-unsaturated/α-hetero) is 1. The predicted molar refractivity (Wildman–Crippen MR) is 79.0 cm³/mol. The number of hydrogen-bond donors (Lipinski definition) is 1. The highest BCUT2D eigenvalue weighted by molar-refractivity contribution is 5.85. The molecule has 0 aromatic rings. The highest BCUT2D eigenvalue weighted by Gasteiger charge is 2.43. The van der Waals surface area contributed by atoms with Crippen molar-refractivity contribution in [2.75, 3.05) is 19.8 Å². The number of aliphatic hydroxyl groups excluding tert-OH is 1. The fraction of sp³-hybridized carbons (Fsp3) is 0.941. The minimum absolute atomic E-state index is 0.0197. The van der Waals surface area contributed by atoms with Gasteiger partial charge in [-0.15, -0.1) is 0 Å². The molecule has 120 valence electrons. The SMILES string of the molecule is O=C(C1CCOC2(CCOCC2)C1)C(O)C1CCCCC1. The van der Waals surface area contributed by atoms with Gasteiger partial charge >= 0.3 is 0 Å². The fourth-order valence-corrected chi connectivity index (χ4v) is 4.29. The molecule has 1 N–H and O–H groups in total. The van der Waals surface area contributed by atoms with Gasteiger partial charge in [0.2, 0.25) is 0 Å². The zero-order valence-corrected chi connectivity index (χ0v) is 12.9. The minimum Gasteiger partial charge on any atom is -0.385 e. The van der Waals surface area contributed by atoms with Crippen LogP contribution in [0.3, 0.4) is 0 Å². The Kier molecular flexibility index (Phi) is 4.97. The first-order valence-corrected chi connectivity index (χ1v) is 8.64. The first kappa shape index (κ1) is 15.4. The van der Waals surface area contributed by atoms with E-state index in [2.05, 4.69) is 0 Å². The molecule has 2 atom stereocenters. The van der Waals surface area contributed by atoms with Crippen LogP contribution in [0, 0.1) is 11.8 Å². The van der Waals surface area contributed by atoms with Gasteiger partial charge in [-0.3, -0.25) is 4.79 Å². The lowest BCUT2D eigenvalue weighted by Gasteiger charge is -2.43. The smallest absolute Gasteiger partial charge is 0.164 e. The molecule has 3 aliphatic rings. The molecule has 2 unspecified atom stereocenters. The summed E-state index contributed by atoms with van der Waals surface area (Å²) in [4.78, 5) is 12.7. The van der Waals surface area contributed by atoms with Crippen molar-refractivity contribution >= 4 is 5.78 Å². The van der Waals surface area contributed by atoms with Crippen LogP contribution in [0.4, 0.5) is 0 Å². The summed E-state index contributed by atoms with van der Waals surface area (Å²) in [5.74, 6) is 0.254. The monoisotopic (exact) mass is 296 g/mol. The first-order valence-electron chi connectivity index (χ1n) is 8.64. The lowest BCUT2D eigenvalue weighted by molar-refractivity contribution is -0.162. The van der Waals surface area contributed by atoms with Crippen LogP contribution in [-0.2, 0) is 14.3 Å². The van der Waals surface area contributed by atoms with E-state index in [1.165, 1.54) is 6.42 Å². The second-order valence-corrected chi connectivity index (χ2v) is 7.08. The van der Waals surface area contributed by atoms with E-state index in [1.807, 2.05) is 0 Å². The molecule has 0 radical (unpaired) electrons. The van der Waals surface area contributed by atoms with E-state index in [0.717, 1.165) is 64.6 Å². The van der Waals surface area contributed by atoms with Crippen LogP contribution in [0.15, 0.2) is 0 Å². The maximum atomic E-state index is 12.7. The number of rotatable bonds is 3. The van der Waals surface area contributed by atoms with E-state index < -0.39 is 6.10 Å². The largest absolute Gasteiger partial charge is 0.385 e. The molecule has 4 heteroatoms. The summed E-state index contributed by atoms with van der Waals surface area (Å²) in [5, 5.41) is 10.5. The van der Waals surface area contributed by atoms with Gasteiger partial charge in [0, 0.05) is 25.7 Å². The van der Waals surface area contributed by atoms with Gasteiger partial charge in [-0.1, -0.05) is 19.3 Å². The molecular formula is C17H28O4. The summed E-state index contributed by atoms with van der Waals surface area (Å²) in [6.07, 6.45) is 8.15. The van der Waals surface area contributed by atoms with Crippen LogP contribution < -0.4 is 0 Å². The maximum absolute atomic E-state index is 12.7. The van der Waals surface area contributed by atoms with E-state index in [-0.39, 0.29) is 23.2 Å². The summed E-state index contributed by atoms with van der Waals surface area (Å²) in [5.41, 5.74) is -0.164. The standard InChI is InChI=1S/C17H28O4/c18-15(13-4-2-1-3-5-13)16(19)14-6-9-21-17(12-14)7-10-20-11-8-17/h13-15,18H,1-12H2. The Morgan fingerprint density at radius 1 is 1.05 bits per heavy atom. The number of aliphatic hydroxyl groups is 1. The number of carbonyl (C=O) groups excluding carboxylic acids is 1. The molecule has 3 rings (SSSR count). The lowest BCUT2D eigenvalue weighted by Crippen LogP contribution is -2.48. The van der Waals surface area contributed by atoms with Crippen LogP contribution in [-0.4, -0.2) is 42.4 Å². The predicted octanol–water partition coefficient (Wildman–Crippen LogP) is 2.47. The molecule has 0 bridgehead atoms. The molecule has 2 saturated heterocycles. The van der Waals surface area contributed by atoms with Crippen LogP contribution in [0.25, 0.3) is 0 Å². The topological polar surface area (TPSA) is 55.8 Å². The Balaban J connectivity index is 1.60. The van der Waals surface area contributed by atoms with Crippen molar-refractivity contribution < 1.29 is 19.4 Å². The zero-order valence-electron chi connectivity index (χ0n) is 12.9. The van der Waals surface area contributed by atoms with Gasteiger partial charge in [0.1, 0.15) is 6.10 Å². The Morgan fingerprint density at radius 2 is 1.76 bits per heavy atom. The van der Waals surface area contributed by atoms with Crippen molar-refractivity contribution in [3.05, 3.63) is 0 Å². The fourth-order valence-electron chi connectivity index (χ4n) is 4.29. The molecule has 0 aromatic heterocycles. The summed E-state index contributed by atoms with van der Waals surface area (Å²) >= 11 is 0. The zero-order chi connectivity index (χ0) is 14.7. The molecular weight excluding hydrogens is 268 g/mol. The number of carbonyl (C=O) groups is 1. The second-order valence-electron chi connectivity index (χ2n) is 7.08. The van der Waals surface area contributed by atoms with Crippen LogP contribution >= 0.6 is 0 Å². The third kappa shape index (κ3) is 3.49. The molecule has 0 amide bonds. The van der Waals surface area contributed by atoms with Crippen molar-refractivity contribution in [3.63, 3.8) is 0 Å². The quantitative estimate of drug-likeness (QED) is 0.869. The second kappa shape index (κ2) is 6.76. The Labute approximate surface area is 127 Å². The van der Waals surface area contributed by atoms with Crippen molar-refractivity contribution in [2.24, 2.45) is 11.8 Å². The van der Waals surface area contributed by atoms with E-state index in [4.69, 9.17) is 9.47 Å². The van der Waals surface area contributed by atoms with E-state index in [0.29, 0.717) is 6.61 Å². The molecule has 3 fully saturated rings. The normalized spacial score (nSPS) is 32.0. The summed E-state index contributed by atoms with van der Waals surface area (Å²) in [7, 11) is 0. The minimum atomic E-state index is -0.745. The molecule has 1 aliphatic carbocycles. The van der Waals surface area contributed by atoms with Crippen LogP contribution in [0.2, 0.25) is 0 Å². The molecule has 4 nitrogen and oxygen atoms in total. The van der Waals surface area contributed by atoms with Crippen molar-refractivity contribution in [1.82, 2.24) is 0 Å². The van der Waals surface area contributed by atoms with Gasteiger partial charge in [-0.05, 0) is 44.4 Å². The van der Waals surface area contributed by atoms with Gasteiger partial charge in [-0.25, -0.2) is 0 Å². The average molecular weight is 296 g/mol. The van der Waals surface area contributed by atoms with E-state index >= 15 is 0 Å². The number of hydrogen-bond acceptors (Lipinski definition) is 4. The average Bonchev–Trinajstić information content (AvgIpc) is 2.55. The molecule has 21 heavy (non-hydrogen) atoms. The maximum Gasteiger partial charge on any atom is 0.164 e.